The average molecular weight is 599 g/mol. The molecule has 1 aliphatic carbocycles. The highest BCUT2D eigenvalue weighted by atomic mass is 16.5. The average Bonchev–Trinajstić information content (AvgIpc) is 3.52. The van der Waals surface area contributed by atoms with Crippen LogP contribution in [0.5, 0.6) is 11.5 Å². The third kappa shape index (κ3) is 5.52. The number of amides is 2. The van der Waals surface area contributed by atoms with Crippen LogP contribution >= 0.6 is 0 Å². The van der Waals surface area contributed by atoms with Crippen molar-refractivity contribution in [3.8, 4) is 11.5 Å². The predicted molar refractivity (Wildman–Crippen MR) is 166 cm³/mol. The number of carbonyl (C=O) groups excluding carboxylic acids is 3. The summed E-state index contributed by atoms with van der Waals surface area (Å²) >= 11 is 0. The zero-order chi connectivity index (χ0) is 31.0. The number of piperazine rings is 1. The summed E-state index contributed by atoms with van der Waals surface area (Å²) in [5.74, 6) is 1.27. The Labute approximate surface area is 257 Å². The molecule has 2 aliphatic heterocycles. The number of rotatable bonds is 6. The van der Waals surface area contributed by atoms with Gasteiger partial charge in [0, 0.05) is 55.5 Å². The first-order valence-electron chi connectivity index (χ1n) is 14.9. The van der Waals surface area contributed by atoms with Crippen molar-refractivity contribution in [3.63, 3.8) is 0 Å². The monoisotopic (exact) mass is 598 g/mol. The number of anilines is 2. The number of hydrogen-bond donors (Lipinski definition) is 1. The second-order valence-electron chi connectivity index (χ2n) is 12.3. The molecule has 1 saturated heterocycles. The van der Waals surface area contributed by atoms with E-state index < -0.39 is 6.04 Å². The minimum absolute atomic E-state index is 0.0259. The van der Waals surface area contributed by atoms with Crippen molar-refractivity contribution >= 4 is 29.0 Å². The van der Waals surface area contributed by atoms with E-state index in [-0.39, 0.29) is 29.6 Å². The van der Waals surface area contributed by atoms with Crippen molar-refractivity contribution in [1.29, 1.82) is 0 Å². The van der Waals surface area contributed by atoms with Gasteiger partial charge in [-0.2, -0.15) is 0 Å². The molecule has 3 aromatic rings. The van der Waals surface area contributed by atoms with Gasteiger partial charge in [0.1, 0.15) is 11.5 Å². The maximum Gasteiger partial charge on any atom is 0.289 e. The number of hydrogen-bond acceptors (Lipinski definition) is 8. The number of furan rings is 1. The molecule has 230 valence electrons. The summed E-state index contributed by atoms with van der Waals surface area (Å²) in [6.45, 7) is 5.84. The highest BCUT2D eigenvalue weighted by Gasteiger charge is 2.43. The van der Waals surface area contributed by atoms with Gasteiger partial charge in [-0.15, -0.1) is 0 Å². The molecule has 0 spiro atoms. The molecule has 1 unspecified atom stereocenters. The van der Waals surface area contributed by atoms with Gasteiger partial charge in [0.05, 0.1) is 44.4 Å². The Hall–Kier alpha value is -4.73. The summed E-state index contributed by atoms with van der Waals surface area (Å²) in [5, 5.41) is 3.60. The molecule has 3 heterocycles. The van der Waals surface area contributed by atoms with Gasteiger partial charge in [-0.3, -0.25) is 14.4 Å². The molecule has 1 atom stereocenters. The van der Waals surface area contributed by atoms with Gasteiger partial charge in [0.2, 0.25) is 5.91 Å². The van der Waals surface area contributed by atoms with Crippen LogP contribution in [0.3, 0.4) is 0 Å². The second-order valence-corrected chi connectivity index (χ2v) is 12.3. The van der Waals surface area contributed by atoms with Crippen molar-refractivity contribution in [2.75, 3.05) is 57.2 Å². The minimum atomic E-state index is -0.587. The largest absolute Gasteiger partial charge is 0.497 e. The molecular formula is C34H38N4O6. The van der Waals surface area contributed by atoms with E-state index in [1.54, 1.807) is 36.2 Å². The molecule has 2 amide bonds. The van der Waals surface area contributed by atoms with Crippen molar-refractivity contribution < 1.29 is 28.3 Å². The zero-order valence-electron chi connectivity index (χ0n) is 25.6. The van der Waals surface area contributed by atoms with Crippen molar-refractivity contribution in [2.45, 2.75) is 32.7 Å². The SMILES string of the molecule is COc1ccc(C2C3=C(CC(C)(C)CC3=O)Nc3ccccc3N2CC(=O)N2CCN(C(=O)c3ccco3)CC2)c(OC)c1. The number of ketones is 1. The second kappa shape index (κ2) is 11.7. The fraction of sp³-hybridized carbons (Fsp3) is 0.382. The van der Waals surface area contributed by atoms with Gasteiger partial charge >= 0.3 is 0 Å². The smallest absolute Gasteiger partial charge is 0.289 e. The van der Waals surface area contributed by atoms with Gasteiger partial charge in [0.25, 0.3) is 5.91 Å². The fourth-order valence-electron chi connectivity index (χ4n) is 6.56. The lowest BCUT2D eigenvalue weighted by atomic mass is 9.73. The summed E-state index contributed by atoms with van der Waals surface area (Å²) in [6, 6.07) is 16.2. The van der Waals surface area contributed by atoms with Gasteiger partial charge in [-0.25, -0.2) is 0 Å². The summed E-state index contributed by atoms with van der Waals surface area (Å²) in [6.07, 6.45) is 2.56. The third-order valence-corrected chi connectivity index (χ3v) is 8.70. The molecular weight excluding hydrogens is 560 g/mol. The van der Waals surface area contributed by atoms with Crippen molar-refractivity contribution in [2.24, 2.45) is 5.41 Å². The van der Waals surface area contributed by atoms with E-state index in [9.17, 15) is 14.4 Å². The Kier molecular flexibility index (Phi) is 7.84. The van der Waals surface area contributed by atoms with Crippen molar-refractivity contribution in [1.82, 2.24) is 9.80 Å². The maximum atomic E-state index is 14.1. The van der Waals surface area contributed by atoms with Gasteiger partial charge in [0.15, 0.2) is 11.5 Å². The van der Waals surface area contributed by atoms with Crippen LogP contribution in [0.4, 0.5) is 11.4 Å². The lowest BCUT2D eigenvalue weighted by Crippen LogP contribution is -2.53. The van der Waals surface area contributed by atoms with Crippen LogP contribution in [0.1, 0.15) is 48.8 Å². The van der Waals surface area contributed by atoms with Crippen molar-refractivity contribution in [3.05, 3.63) is 83.5 Å². The maximum absolute atomic E-state index is 14.1. The first-order chi connectivity index (χ1) is 21.2. The zero-order valence-corrected chi connectivity index (χ0v) is 25.6. The molecule has 0 radical (unpaired) electrons. The number of para-hydroxylation sites is 2. The van der Waals surface area contributed by atoms with Gasteiger partial charge in [-0.05, 0) is 48.2 Å². The Morgan fingerprint density at radius 3 is 2.41 bits per heavy atom. The van der Waals surface area contributed by atoms with E-state index in [0.29, 0.717) is 61.9 Å². The molecule has 1 N–H and O–H groups in total. The molecule has 44 heavy (non-hydrogen) atoms. The van der Waals surface area contributed by atoms with Gasteiger partial charge < -0.3 is 33.9 Å². The molecule has 6 rings (SSSR count). The molecule has 10 nitrogen and oxygen atoms in total. The molecule has 3 aliphatic rings. The van der Waals surface area contributed by atoms with Crippen LogP contribution in [0.15, 0.2) is 76.5 Å². The third-order valence-electron chi connectivity index (χ3n) is 8.70. The number of benzene rings is 2. The van der Waals surface area contributed by atoms with E-state index in [0.717, 1.165) is 22.6 Å². The Balaban J connectivity index is 1.38. The molecule has 0 bridgehead atoms. The predicted octanol–water partition coefficient (Wildman–Crippen LogP) is 4.90. The van der Waals surface area contributed by atoms with Crippen LogP contribution in [0, 0.1) is 5.41 Å². The number of Topliss-reactive ketones (excluding diaryl/α,β-unsaturated/α-hetero) is 1. The number of nitrogens with zero attached hydrogens (tertiary/aromatic N) is 3. The highest BCUT2D eigenvalue weighted by Crippen LogP contribution is 2.50. The Morgan fingerprint density at radius 1 is 0.955 bits per heavy atom. The highest BCUT2D eigenvalue weighted by molar-refractivity contribution is 6.02. The first-order valence-corrected chi connectivity index (χ1v) is 14.9. The standard InChI is InChI=1S/C34H38N4O6/c1-34(2)19-25-31(27(39)20-34)32(23-12-11-22(42-3)18-29(23)43-4)38(26-9-6-5-8-24(26)35-25)21-30(40)36-13-15-37(16-14-36)33(41)28-10-7-17-44-28/h5-12,17-18,32,35H,13-16,19-21H2,1-4H3. The number of methoxy groups -OCH3 is 2. The summed E-state index contributed by atoms with van der Waals surface area (Å²) in [5.41, 5.74) is 3.71. The van der Waals surface area contributed by atoms with Crippen LogP contribution < -0.4 is 19.7 Å². The van der Waals surface area contributed by atoms with E-state index >= 15 is 0 Å². The van der Waals surface area contributed by atoms with Crippen LogP contribution in [0.2, 0.25) is 0 Å². The van der Waals surface area contributed by atoms with Crippen LogP contribution in [0.25, 0.3) is 0 Å². The minimum Gasteiger partial charge on any atom is -0.497 e. The fourth-order valence-corrected chi connectivity index (χ4v) is 6.56. The number of allylic oxidation sites excluding steroid dienone is 1. The van der Waals surface area contributed by atoms with Crippen LogP contribution in [-0.4, -0.2) is 74.3 Å². The quantitative estimate of drug-likeness (QED) is 0.428. The normalized spacial score (nSPS) is 19.5. The molecule has 10 heteroatoms. The molecule has 1 fully saturated rings. The molecule has 0 saturated carbocycles. The summed E-state index contributed by atoms with van der Waals surface area (Å²) < 4.78 is 16.6. The van der Waals surface area contributed by atoms with E-state index in [4.69, 9.17) is 13.9 Å². The van der Waals surface area contributed by atoms with E-state index in [1.165, 1.54) is 6.26 Å². The lowest BCUT2D eigenvalue weighted by Gasteiger charge is -2.40. The van der Waals surface area contributed by atoms with E-state index in [2.05, 4.69) is 19.2 Å². The summed E-state index contributed by atoms with van der Waals surface area (Å²) in [7, 11) is 3.20. The topological polar surface area (TPSA) is 105 Å². The lowest BCUT2D eigenvalue weighted by molar-refractivity contribution is -0.131. The summed E-state index contributed by atoms with van der Waals surface area (Å²) in [4.78, 5) is 46.4. The van der Waals surface area contributed by atoms with Gasteiger partial charge in [-0.1, -0.05) is 26.0 Å². The number of nitrogens with one attached hydrogen (secondary N) is 1. The number of ether oxygens (including phenoxy) is 2. The van der Waals surface area contributed by atoms with E-state index in [1.807, 2.05) is 47.4 Å². The van der Waals surface area contributed by atoms with Crippen LogP contribution in [-0.2, 0) is 9.59 Å². The number of carbonyl (C=O) groups is 3. The first kappa shape index (κ1) is 29.3. The Morgan fingerprint density at radius 2 is 1.70 bits per heavy atom. The molecule has 2 aromatic carbocycles. The number of fused-ring (bicyclic) bond motifs is 1. The molecule has 1 aromatic heterocycles. The Bertz CT molecular complexity index is 1600.